The van der Waals surface area contributed by atoms with E-state index < -0.39 is 0 Å². The summed E-state index contributed by atoms with van der Waals surface area (Å²) in [4.78, 5) is 7.36. The molecule has 2 aromatic rings. The molecule has 1 saturated heterocycles. The van der Waals surface area contributed by atoms with E-state index in [1.54, 1.807) is 7.11 Å². The fourth-order valence-electron chi connectivity index (χ4n) is 4.33. The number of rotatable bonds is 7. The number of nitrogens with zero attached hydrogens (tertiary/aromatic N) is 2. The summed E-state index contributed by atoms with van der Waals surface area (Å²) in [6.45, 7) is 4.30. The summed E-state index contributed by atoms with van der Waals surface area (Å²) in [5, 5.41) is 4.47. The summed E-state index contributed by atoms with van der Waals surface area (Å²) in [5.41, 5.74) is 3.77. The fraction of sp³-hybridized carbons (Fsp3) is 0.571. The minimum absolute atomic E-state index is 0.711. The van der Waals surface area contributed by atoms with Crippen LogP contribution in [0, 0.1) is 0 Å². The number of hydrogen-bond acceptors (Lipinski definition) is 5. The normalized spacial score (nSPS) is 16.8. The molecule has 0 saturated carbocycles. The van der Waals surface area contributed by atoms with Crippen molar-refractivity contribution in [2.24, 2.45) is 0 Å². The highest BCUT2D eigenvalue weighted by molar-refractivity contribution is 5.89. The van der Waals surface area contributed by atoms with Crippen LogP contribution in [0.4, 0.5) is 5.82 Å². The van der Waals surface area contributed by atoms with E-state index in [0.717, 1.165) is 48.6 Å². The number of likely N-dealkylation sites (tertiary alicyclic amines) is 1. The van der Waals surface area contributed by atoms with E-state index >= 15 is 0 Å². The predicted octanol–water partition coefficient (Wildman–Crippen LogP) is 3.64. The highest BCUT2D eigenvalue weighted by Crippen LogP contribution is 2.39. The van der Waals surface area contributed by atoms with Crippen LogP contribution in [0.15, 0.2) is 12.1 Å². The second kappa shape index (κ2) is 7.70. The number of fused-ring (bicyclic) bond motifs is 3. The fourth-order valence-corrected chi connectivity index (χ4v) is 4.33. The summed E-state index contributed by atoms with van der Waals surface area (Å²) < 4.78 is 11.7. The first-order chi connectivity index (χ1) is 12.8. The molecule has 5 nitrogen and oxygen atoms in total. The molecule has 1 aliphatic carbocycles. The van der Waals surface area contributed by atoms with Crippen molar-refractivity contribution < 1.29 is 9.47 Å². The Morgan fingerprint density at radius 1 is 1.08 bits per heavy atom. The van der Waals surface area contributed by atoms with Gasteiger partial charge in [0, 0.05) is 25.0 Å². The lowest BCUT2D eigenvalue weighted by Crippen LogP contribution is -2.21. The third kappa shape index (κ3) is 3.32. The predicted molar refractivity (Wildman–Crippen MR) is 106 cm³/mol. The van der Waals surface area contributed by atoms with Crippen LogP contribution in [0.5, 0.6) is 11.5 Å². The topological polar surface area (TPSA) is 46.6 Å². The van der Waals surface area contributed by atoms with Crippen molar-refractivity contribution in [2.75, 3.05) is 45.7 Å². The molecule has 1 aromatic heterocycles. The first-order valence-corrected chi connectivity index (χ1v) is 9.86. The second-order valence-electron chi connectivity index (χ2n) is 7.29. The Morgan fingerprint density at radius 2 is 1.88 bits per heavy atom. The van der Waals surface area contributed by atoms with Crippen LogP contribution < -0.4 is 14.8 Å². The Morgan fingerprint density at radius 3 is 2.65 bits per heavy atom. The standard InChI is InChI=1S/C21H29N3O2/c1-22-21-16-8-5-7-15(16)17-13-19(25-2)20(14-18(17)23-21)26-12-6-11-24-9-3-4-10-24/h13-14H,3-12H2,1-2H3,(H,22,23). The molecule has 0 spiro atoms. The van der Waals surface area contributed by atoms with Gasteiger partial charge in [-0.15, -0.1) is 0 Å². The average molecular weight is 355 g/mol. The van der Waals surface area contributed by atoms with Crippen molar-refractivity contribution in [2.45, 2.75) is 38.5 Å². The first-order valence-electron chi connectivity index (χ1n) is 9.86. The van der Waals surface area contributed by atoms with Crippen LogP contribution in [-0.2, 0) is 12.8 Å². The van der Waals surface area contributed by atoms with Crippen LogP contribution in [0.25, 0.3) is 10.9 Å². The van der Waals surface area contributed by atoms with Gasteiger partial charge in [-0.3, -0.25) is 0 Å². The molecule has 2 heterocycles. The number of methoxy groups -OCH3 is 1. The van der Waals surface area contributed by atoms with Crippen molar-refractivity contribution in [3.8, 4) is 11.5 Å². The zero-order valence-electron chi connectivity index (χ0n) is 15.9. The number of nitrogens with one attached hydrogen (secondary N) is 1. The van der Waals surface area contributed by atoms with Crippen molar-refractivity contribution in [3.63, 3.8) is 0 Å². The number of pyridine rings is 1. The van der Waals surface area contributed by atoms with E-state index in [-0.39, 0.29) is 0 Å². The Labute approximate surface area is 155 Å². The number of benzene rings is 1. The third-order valence-corrected chi connectivity index (χ3v) is 5.65. The molecule has 1 N–H and O–H groups in total. The van der Waals surface area contributed by atoms with Gasteiger partial charge in [0.1, 0.15) is 5.82 Å². The van der Waals surface area contributed by atoms with Crippen LogP contribution >= 0.6 is 0 Å². The van der Waals surface area contributed by atoms with E-state index in [2.05, 4.69) is 16.3 Å². The van der Waals surface area contributed by atoms with Gasteiger partial charge in [0.2, 0.25) is 0 Å². The average Bonchev–Trinajstić information content (AvgIpc) is 3.35. The Kier molecular flexibility index (Phi) is 5.16. The molecule has 5 heteroatoms. The Balaban J connectivity index is 1.55. The van der Waals surface area contributed by atoms with Gasteiger partial charge < -0.3 is 19.7 Å². The zero-order chi connectivity index (χ0) is 17.9. The molecule has 140 valence electrons. The number of aryl methyl sites for hydroxylation is 1. The largest absolute Gasteiger partial charge is 0.493 e. The minimum atomic E-state index is 0.711. The van der Waals surface area contributed by atoms with Crippen molar-refractivity contribution >= 4 is 16.7 Å². The first kappa shape index (κ1) is 17.4. The second-order valence-corrected chi connectivity index (χ2v) is 7.29. The molecular weight excluding hydrogens is 326 g/mol. The number of aromatic nitrogens is 1. The summed E-state index contributed by atoms with van der Waals surface area (Å²) in [6.07, 6.45) is 7.13. The van der Waals surface area contributed by atoms with Gasteiger partial charge in [-0.05, 0) is 68.8 Å². The van der Waals surface area contributed by atoms with Crippen molar-refractivity contribution in [3.05, 3.63) is 23.3 Å². The highest BCUT2D eigenvalue weighted by Gasteiger charge is 2.21. The molecule has 0 unspecified atom stereocenters. The maximum atomic E-state index is 6.08. The third-order valence-electron chi connectivity index (χ3n) is 5.65. The van der Waals surface area contributed by atoms with E-state index in [0.29, 0.717) is 6.61 Å². The van der Waals surface area contributed by atoms with E-state index in [1.807, 2.05) is 13.1 Å². The molecule has 26 heavy (non-hydrogen) atoms. The molecule has 4 rings (SSSR count). The summed E-state index contributed by atoms with van der Waals surface area (Å²) in [5.74, 6) is 2.62. The maximum absolute atomic E-state index is 6.08. The van der Waals surface area contributed by atoms with Gasteiger partial charge in [0.25, 0.3) is 0 Å². The van der Waals surface area contributed by atoms with Crippen LogP contribution in [-0.4, -0.2) is 50.3 Å². The molecule has 0 amide bonds. The van der Waals surface area contributed by atoms with E-state index in [9.17, 15) is 0 Å². The summed E-state index contributed by atoms with van der Waals surface area (Å²) >= 11 is 0. The smallest absolute Gasteiger partial charge is 0.163 e. The Bertz CT molecular complexity index is 785. The highest BCUT2D eigenvalue weighted by atomic mass is 16.5. The van der Waals surface area contributed by atoms with E-state index in [1.165, 1.54) is 48.9 Å². The number of ether oxygens (including phenoxy) is 2. The zero-order valence-corrected chi connectivity index (χ0v) is 15.9. The quantitative estimate of drug-likeness (QED) is 0.769. The maximum Gasteiger partial charge on any atom is 0.163 e. The molecule has 0 radical (unpaired) electrons. The van der Waals surface area contributed by atoms with Crippen molar-refractivity contribution in [1.29, 1.82) is 0 Å². The summed E-state index contributed by atoms with van der Waals surface area (Å²) in [6, 6.07) is 4.16. The minimum Gasteiger partial charge on any atom is -0.493 e. The van der Waals surface area contributed by atoms with Gasteiger partial charge >= 0.3 is 0 Å². The van der Waals surface area contributed by atoms with Crippen LogP contribution in [0.1, 0.15) is 36.8 Å². The molecule has 1 aromatic carbocycles. The SMILES string of the molecule is CNc1nc2cc(OCCCN3CCCC3)c(OC)cc2c2c1CCC2. The lowest BCUT2D eigenvalue weighted by Gasteiger charge is -2.17. The lowest BCUT2D eigenvalue weighted by atomic mass is 10.0. The van der Waals surface area contributed by atoms with Gasteiger partial charge in [0.15, 0.2) is 11.5 Å². The molecule has 2 aliphatic rings. The van der Waals surface area contributed by atoms with Crippen molar-refractivity contribution in [1.82, 2.24) is 9.88 Å². The number of anilines is 1. The molecule has 1 fully saturated rings. The van der Waals surface area contributed by atoms with Crippen LogP contribution in [0.3, 0.4) is 0 Å². The molecule has 1 aliphatic heterocycles. The molecular formula is C21H29N3O2. The monoisotopic (exact) mass is 355 g/mol. The van der Waals surface area contributed by atoms with Gasteiger partial charge in [-0.2, -0.15) is 0 Å². The van der Waals surface area contributed by atoms with Gasteiger partial charge in [0.05, 0.1) is 19.2 Å². The lowest BCUT2D eigenvalue weighted by molar-refractivity contribution is 0.254. The van der Waals surface area contributed by atoms with Crippen LogP contribution in [0.2, 0.25) is 0 Å². The van der Waals surface area contributed by atoms with Gasteiger partial charge in [-0.25, -0.2) is 4.98 Å². The summed E-state index contributed by atoms with van der Waals surface area (Å²) in [7, 11) is 3.67. The van der Waals surface area contributed by atoms with Gasteiger partial charge in [-0.1, -0.05) is 0 Å². The molecule has 0 bridgehead atoms. The number of hydrogen-bond donors (Lipinski definition) is 1. The van der Waals surface area contributed by atoms with E-state index in [4.69, 9.17) is 14.5 Å². The Hall–Kier alpha value is -2.01. The molecule has 0 atom stereocenters.